The number of benzene rings is 1. The van der Waals surface area contributed by atoms with Gasteiger partial charge in [-0.05, 0) is 43.0 Å². The molecule has 26 heavy (non-hydrogen) atoms. The lowest BCUT2D eigenvalue weighted by atomic mass is 10.1. The zero-order valence-electron chi connectivity index (χ0n) is 14.2. The first-order valence-electron chi connectivity index (χ1n) is 7.85. The van der Waals surface area contributed by atoms with Crippen molar-refractivity contribution >= 4 is 33.1 Å². The number of anilines is 1. The molecule has 1 aromatic carbocycles. The fourth-order valence-corrected chi connectivity index (χ4v) is 3.88. The highest BCUT2D eigenvalue weighted by Gasteiger charge is 2.19. The molecule has 136 valence electrons. The van der Waals surface area contributed by atoms with Gasteiger partial charge in [-0.3, -0.25) is 10.1 Å². The second-order valence-corrected chi connectivity index (χ2v) is 9.17. The lowest BCUT2D eigenvalue weighted by Crippen LogP contribution is -2.16. The molecule has 0 spiro atoms. The lowest BCUT2D eigenvalue weighted by molar-refractivity contribution is -0.115. The quantitative estimate of drug-likeness (QED) is 0.692. The van der Waals surface area contributed by atoms with Crippen LogP contribution >= 0.6 is 11.3 Å². The Morgan fingerprint density at radius 1 is 1.19 bits per heavy atom. The summed E-state index contributed by atoms with van der Waals surface area (Å²) in [4.78, 5) is 12.4. The number of sulfone groups is 1. The molecule has 9 heteroatoms. The van der Waals surface area contributed by atoms with E-state index in [9.17, 15) is 13.2 Å². The molecule has 0 aliphatic carbocycles. The Hall–Kier alpha value is -2.52. The molecule has 0 saturated carbocycles. The van der Waals surface area contributed by atoms with Crippen LogP contribution in [0.2, 0.25) is 0 Å². The Labute approximate surface area is 155 Å². The molecule has 0 saturated heterocycles. The second-order valence-electron chi connectivity index (χ2n) is 5.89. The second kappa shape index (κ2) is 7.38. The van der Waals surface area contributed by atoms with Crippen LogP contribution in [0, 0.1) is 0 Å². The van der Waals surface area contributed by atoms with E-state index in [1.54, 1.807) is 26.0 Å². The van der Waals surface area contributed by atoms with Crippen LogP contribution in [0.15, 0.2) is 50.4 Å². The van der Waals surface area contributed by atoms with Crippen molar-refractivity contribution in [3.8, 4) is 11.5 Å². The number of nitrogens with zero attached hydrogens (tertiary/aromatic N) is 2. The van der Waals surface area contributed by atoms with Gasteiger partial charge in [0.2, 0.25) is 5.91 Å². The van der Waals surface area contributed by atoms with E-state index in [1.807, 2.05) is 16.8 Å². The van der Waals surface area contributed by atoms with Gasteiger partial charge in [0.1, 0.15) is 0 Å². The highest BCUT2D eigenvalue weighted by molar-refractivity contribution is 7.92. The van der Waals surface area contributed by atoms with Crippen molar-refractivity contribution < 1.29 is 17.6 Å². The van der Waals surface area contributed by atoms with Gasteiger partial charge in [-0.2, -0.15) is 11.3 Å². The van der Waals surface area contributed by atoms with Gasteiger partial charge < -0.3 is 4.42 Å². The minimum Gasteiger partial charge on any atom is -0.403 e. The third kappa shape index (κ3) is 4.00. The molecule has 0 aliphatic rings. The maximum atomic E-state index is 12.1. The van der Waals surface area contributed by atoms with Crippen molar-refractivity contribution in [1.82, 2.24) is 10.2 Å². The average Bonchev–Trinajstić information content (AvgIpc) is 3.26. The van der Waals surface area contributed by atoms with E-state index in [0.717, 1.165) is 5.56 Å². The van der Waals surface area contributed by atoms with Gasteiger partial charge in [0.05, 0.1) is 16.6 Å². The number of hydrogen-bond donors (Lipinski definition) is 1. The van der Waals surface area contributed by atoms with Gasteiger partial charge in [0.25, 0.3) is 5.89 Å². The highest BCUT2D eigenvalue weighted by Crippen LogP contribution is 2.22. The summed E-state index contributed by atoms with van der Waals surface area (Å²) in [5.41, 5.74) is 1.48. The van der Waals surface area contributed by atoms with E-state index in [2.05, 4.69) is 15.5 Å². The van der Waals surface area contributed by atoms with Gasteiger partial charge in [-0.15, -0.1) is 5.10 Å². The number of carbonyl (C=O) groups is 1. The first-order valence-corrected chi connectivity index (χ1v) is 10.3. The summed E-state index contributed by atoms with van der Waals surface area (Å²) < 4.78 is 29.6. The van der Waals surface area contributed by atoms with E-state index >= 15 is 0 Å². The zero-order valence-corrected chi connectivity index (χ0v) is 15.8. The first-order chi connectivity index (χ1) is 12.4. The maximum absolute atomic E-state index is 12.1. The molecular formula is C17H17N3O4S2. The Kier molecular flexibility index (Phi) is 5.19. The molecule has 3 rings (SSSR count). The van der Waals surface area contributed by atoms with E-state index in [0.29, 0.717) is 11.5 Å². The number of hydrogen-bond acceptors (Lipinski definition) is 7. The predicted molar refractivity (Wildman–Crippen MR) is 98.7 cm³/mol. The normalized spacial score (nSPS) is 11.7. The summed E-state index contributed by atoms with van der Waals surface area (Å²) in [7, 11) is -3.32. The molecule has 1 amide bonds. The number of thiophene rings is 1. The Morgan fingerprint density at radius 3 is 2.54 bits per heavy atom. The minimum absolute atomic E-state index is 0.0233. The average molecular weight is 391 g/mol. The fourth-order valence-electron chi connectivity index (χ4n) is 2.19. The SMILES string of the molecule is CC(C)S(=O)(=O)c1ccc(CC(=O)Nc2nnc(-c3ccsc3)o2)cc1. The van der Waals surface area contributed by atoms with Gasteiger partial charge in [0.15, 0.2) is 9.84 Å². The summed E-state index contributed by atoms with van der Waals surface area (Å²) in [6.45, 7) is 3.26. The third-order valence-corrected chi connectivity index (χ3v) is 6.53. The topological polar surface area (TPSA) is 102 Å². The maximum Gasteiger partial charge on any atom is 0.322 e. The van der Waals surface area contributed by atoms with E-state index < -0.39 is 15.1 Å². The van der Waals surface area contributed by atoms with Crippen molar-refractivity contribution in [2.75, 3.05) is 5.32 Å². The number of amides is 1. The van der Waals surface area contributed by atoms with Gasteiger partial charge in [0, 0.05) is 10.9 Å². The smallest absolute Gasteiger partial charge is 0.322 e. The number of nitrogens with one attached hydrogen (secondary N) is 1. The van der Waals surface area contributed by atoms with Crippen LogP contribution < -0.4 is 5.32 Å². The molecule has 2 heterocycles. The van der Waals surface area contributed by atoms with Gasteiger partial charge >= 0.3 is 6.01 Å². The minimum atomic E-state index is -3.32. The fraction of sp³-hybridized carbons (Fsp3) is 0.235. The molecule has 0 unspecified atom stereocenters. The number of aromatic nitrogens is 2. The Morgan fingerprint density at radius 2 is 1.92 bits per heavy atom. The Bertz CT molecular complexity index is 991. The van der Waals surface area contributed by atoms with Crippen LogP contribution in [0.4, 0.5) is 6.01 Å². The zero-order chi connectivity index (χ0) is 18.7. The molecule has 7 nitrogen and oxygen atoms in total. The summed E-state index contributed by atoms with van der Waals surface area (Å²) >= 11 is 1.51. The third-order valence-electron chi connectivity index (χ3n) is 3.68. The van der Waals surface area contributed by atoms with Gasteiger partial charge in [-0.1, -0.05) is 17.2 Å². The summed E-state index contributed by atoms with van der Waals surface area (Å²) in [6.07, 6.45) is 0.0676. The van der Waals surface area contributed by atoms with E-state index in [-0.39, 0.29) is 23.2 Å². The van der Waals surface area contributed by atoms with Crippen LogP contribution in [0.5, 0.6) is 0 Å². The van der Waals surface area contributed by atoms with Crippen molar-refractivity contribution in [2.24, 2.45) is 0 Å². The molecule has 0 atom stereocenters. The van der Waals surface area contributed by atoms with Crippen LogP contribution in [0.3, 0.4) is 0 Å². The summed E-state index contributed by atoms with van der Waals surface area (Å²) in [5, 5.41) is 13.5. The van der Waals surface area contributed by atoms with Crippen LogP contribution in [0.25, 0.3) is 11.5 Å². The van der Waals surface area contributed by atoms with E-state index in [1.165, 1.54) is 23.5 Å². The molecule has 1 N–H and O–H groups in total. The predicted octanol–water partition coefficient (Wildman–Crippen LogP) is 3.16. The van der Waals surface area contributed by atoms with E-state index in [4.69, 9.17) is 4.42 Å². The van der Waals surface area contributed by atoms with Crippen molar-refractivity contribution in [3.63, 3.8) is 0 Å². The molecule has 0 bridgehead atoms. The summed E-state index contributed by atoms with van der Waals surface area (Å²) in [6, 6.07) is 8.14. The number of carbonyl (C=O) groups excluding carboxylic acids is 1. The largest absolute Gasteiger partial charge is 0.403 e. The Balaban J connectivity index is 1.63. The lowest BCUT2D eigenvalue weighted by Gasteiger charge is -2.08. The van der Waals surface area contributed by atoms with Crippen LogP contribution in [0.1, 0.15) is 19.4 Å². The van der Waals surface area contributed by atoms with Crippen molar-refractivity contribution in [3.05, 3.63) is 46.7 Å². The molecule has 0 aliphatic heterocycles. The molecule has 3 aromatic rings. The molecule has 2 aromatic heterocycles. The van der Waals surface area contributed by atoms with Gasteiger partial charge in [-0.25, -0.2) is 8.42 Å². The van der Waals surface area contributed by atoms with Crippen molar-refractivity contribution in [1.29, 1.82) is 0 Å². The van der Waals surface area contributed by atoms with Crippen LogP contribution in [-0.2, 0) is 21.1 Å². The standard InChI is InChI=1S/C17H17N3O4S2/c1-11(2)26(22,23)14-5-3-12(4-6-14)9-15(21)18-17-20-19-16(24-17)13-7-8-25-10-13/h3-8,10-11H,9H2,1-2H3,(H,18,20,21). The van der Waals surface area contributed by atoms with Crippen LogP contribution in [-0.4, -0.2) is 29.8 Å². The first kappa shape index (κ1) is 18.3. The molecule has 0 fully saturated rings. The monoisotopic (exact) mass is 391 g/mol. The highest BCUT2D eigenvalue weighted by atomic mass is 32.2. The molecular weight excluding hydrogens is 374 g/mol. The summed E-state index contributed by atoms with van der Waals surface area (Å²) in [5.74, 6) is 0.00906. The molecule has 0 radical (unpaired) electrons. The number of rotatable bonds is 6. The van der Waals surface area contributed by atoms with Crippen molar-refractivity contribution in [2.45, 2.75) is 30.4 Å².